The van der Waals surface area contributed by atoms with Crippen LogP contribution < -0.4 is 0 Å². The van der Waals surface area contributed by atoms with Crippen LogP contribution >= 0.6 is 0 Å². The molecule has 0 N–H and O–H groups in total. The largest absolute Gasteiger partial charge is 0.374 e. The van der Waals surface area contributed by atoms with Gasteiger partial charge in [0.1, 0.15) is 0 Å². The molecule has 3 rings (SSSR count). The van der Waals surface area contributed by atoms with E-state index in [9.17, 15) is 0 Å². The number of allylic oxidation sites excluding steroid dienone is 1. The molecule has 0 atom stereocenters. The minimum Gasteiger partial charge on any atom is -0.374 e. The number of aryl methyl sites for hydroxylation is 1. The first-order chi connectivity index (χ1) is 12.7. The summed E-state index contributed by atoms with van der Waals surface area (Å²) >= 11 is 0. The summed E-state index contributed by atoms with van der Waals surface area (Å²) in [7, 11) is 1.79. The zero-order valence-corrected chi connectivity index (χ0v) is 16.4. The molecule has 140 valence electrons. The molecular formula is C24H33NO. The van der Waals surface area contributed by atoms with Gasteiger partial charge < -0.3 is 4.74 Å². The van der Waals surface area contributed by atoms with Gasteiger partial charge in [-0.15, -0.1) is 0 Å². The van der Waals surface area contributed by atoms with Gasteiger partial charge in [0.25, 0.3) is 0 Å². The SMILES string of the molecule is CCc1ccc([C@H]2CC[C@H]([C@H]3CC[C@@](C=CC#N)(OC)CC3)CC2)cc1. The lowest BCUT2D eigenvalue weighted by molar-refractivity contribution is -0.0192. The molecule has 2 fully saturated rings. The van der Waals surface area contributed by atoms with Crippen molar-refractivity contribution in [3.63, 3.8) is 0 Å². The standard InChI is InChI=1S/C24H33NO/c1-3-19-5-7-20(8-6-19)21-9-11-22(12-10-21)23-13-16-24(26-2,17-14-23)15-4-18-25/h4-8,15,21-23H,3,9-14,16-17H2,1-2H3/t21-,22-,23-,24+. The molecule has 0 amide bonds. The minimum atomic E-state index is -0.190. The van der Waals surface area contributed by atoms with E-state index in [1.165, 1.54) is 44.1 Å². The van der Waals surface area contributed by atoms with Crippen LogP contribution in [0.25, 0.3) is 0 Å². The minimum absolute atomic E-state index is 0.190. The molecule has 0 bridgehead atoms. The Kier molecular flexibility index (Phi) is 6.54. The van der Waals surface area contributed by atoms with Crippen LogP contribution in [0.1, 0.15) is 75.3 Å². The number of benzene rings is 1. The molecule has 26 heavy (non-hydrogen) atoms. The Labute approximate surface area is 159 Å². The van der Waals surface area contributed by atoms with E-state index in [0.29, 0.717) is 0 Å². The van der Waals surface area contributed by atoms with Crippen LogP contribution in [-0.2, 0) is 11.2 Å². The average Bonchev–Trinajstić information content (AvgIpc) is 2.73. The van der Waals surface area contributed by atoms with Crippen LogP contribution in [0, 0.1) is 23.2 Å². The number of hydrogen-bond donors (Lipinski definition) is 0. The van der Waals surface area contributed by atoms with E-state index in [-0.39, 0.29) is 5.60 Å². The molecule has 1 aromatic rings. The van der Waals surface area contributed by atoms with Crippen molar-refractivity contribution < 1.29 is 4.74 Å². The topological polar surface area (TPSA) is 33.0 Å². The third kappa shape index (κ3) is 4.38. The highest BCUT2D eigenvalue weighted by molar-refractivity contribution is 5.25. The molecular weight excluding hydrogens is 318 g/mol. The monoisotopic (exact) mass is 351 g/mol. The molecule has 0 aromatic heterocycles. The lowest BCUT2D eigenvalue weighted by Gasteiger charge is -2.41. The first kappa shape index (κ1) is 19.2. The quantitative estimate of drug-likeness (QED) is 0.594. The van der Waals surface area contributed by atoms with Crippen molar-refractivity contribution in [2.24, 2.45) is 11.8 Å². The van der Waals surface area contributed by atoms with Gasteiger partial charge in [0.15, 0.2) is 0 Å². The molecule has 0 aliphatic heterocycles. The zero-order chi connectivity index (χ0) is 18.4. The lowest BCUT2D eigenvalue weighted by Crippen LogP contribution is -2.36. The van der Waals surface area contributed by atoms with Crippen molar-refractivity contribution in [3.05, 3.63) is 47.5 Å². The van der Waals surface area contributed by atoms with E-state index in [2.05, 4.69) is 37.3 Å². The zero-order valence-electron chi connectivity index (χ0n) is 16.4. The van der Waals surface area contributed by atoms with E-state index in [4.69, 9.17) is 10.00 Å². The second kappa shape index (κ2) is 8.87. The van der Waals surface area contributed by atoms with Crippen molar-refractivity contribution in [2.45, 2.75) is 76.2 Å². The van der Waals surface area contributed by atoms with Crippen molar-refractivity contribution in [3.8, 4) is 6.07 Å². The summed E-state index contributed by atoms with van der Waals surface area (Å²) in [5.74, 6) is 2.49. The number of methoxy groups -OCH3 is 1. The normalized spacial score (nSPS) is 32.4. The maximum atomic E-state index is 8.82. The molecule has 2 saturated carbocycles. The summed E-state index contributed by atoms with van der Waals surface area (Å²) in [6.07, 6.45) is 14.7. The summed E-state index contributed by atoms with van der Waals surface area (Å²) in [6, 6.07) is 11.5. The summed E-state index contributed by atoms with van der Waals surface area (Å²) < 4.78 is 5.77. The summed E-state index contributed by atoms with van der Waals surface area (Å²) in [5.41, 5.74) is 2.80. The molecule has 0 spiro atoms. The fourth-order valence-corrected chi connectivity index (χ4v) is 5.18. The Morgan fingerprint density at radius 3 is 2.19 bits per heavy atom. The smallest absolute Gasteiger partial charge is 0.0909 e. The summed E-state index contributed by atoms with van der Waals surface area (Å²) in [6.45, 7) is 2.22. The van der Waals surface area contributed by atoms with Crippen LogP contribution in [0.3, 0.4) is 0 Å². The first-order valence-electron chi connectivity index (χ1n) is 10.4. The first-order valence-corrected chi connectivity index (χ1v) is 10.4. The molecule has 2 aliphatic rings. The average molecular weight is 352 g/mol. The van der Waals surface area contributed by atoms with Crippen LogP contribution in [0.4, 0.5) is 0 Å². The highest BCUT2D eigenvalue weighted by atomic mass is 16.5. The molecule has 0 unspecified atom stereocenters. The van der Waals surface area contributed by atoms with Crippen LogP contribution in [0.2, 0.25) is 0 Å². The van der Waals surface area contributed by atoms with E-state index < -0.39 is 0 Å². The van der Waals surface area contributed by atoms with Crippen molar-refractivity contribution in [2.75, 3.05) is 7.11 Å². The van der Waals surface area contributed by atoms with Gasteiger partial charge in [-0.25, -0.2) is 0 Å². The highest BCUT2D eigenvalue weighted by Gasteiger charge is 2.37. The molecule has 2 heteroatoms. The molecule has 0 heterocycles. The molecule has 2 aliphatic carbocycles. The predicted molar refractivity (Wildman–Crippen MR) is 107 cm³/mol. The van der Waals surface area contributed by atoms with Gasteiger partial charge in [-0.3, -0.25) is 0 Å². The second-order valence-corrected chi connectivity index (χ2v) is 8.28. The number of nitrogens with zero attached hydrogens (tertiary/aromatic N) is 1. The van der Waals surface area contributed by atoms with Gasteiger partial charge >= 0.3 is 0 Å². The van der Waals surface area contributed by atoms with Gasteiger partial charge in [-0.1, -0.05) is 31.2 Å². The van der Waals surface area contributed by atoms with Crippen LogP contribution in [-0.4, -0.2) is 12.7 Å². The van der Waals surface area contributed by atoms with Crippen molar-refractivity contribution in [1.29, 1.82) is 5.26 Å². The molecule has 2 nitrogen and oxygen atoms in total. The third-order valence-corrected chi connectivity index (χ3v) is 7.04. The highest BCUT2D eigenvalue weighted by Crippen LogP contribution is 2.45. The fourth-order valence-electron chi connectivity index (χ4n) is 5.18. The predicted octanol–water partition coefficient (Wildman–Crippen LogP) is 6.18. The molecule has 1 aromatic carbocycles. The van der Waals surface area contributed by atoms with Crippen molar-refractivity contribution >= 4 is 0 Å². The lowest BCUT2D eigenvalue weighted by atomic mass is 9.67. The fraction of sp³-hybridized carbons (Fsp3) is 0.625. The summed E-state index contributed by atoms with van der Waals surface area (Å²) in [5, 5.41) is 8.82. The number of rotatable bonds is 5. The van der Waals surface area contributed by atoms with Crippen molar-refractivity contribution in [1.82, 2.24) is 0 Å². The summed E-state index contributed by atoms with van der Waals surface area (Å²) in [4.78, 5) is 0. The Morgan fingerprint density at radius 2 is 1.65 bits per heavy atom. The number of ether oxygens (including phenoxy) is 1. The van der Waals surface area contributed by atoms with Crippen LogP contribution in [0.15, 0.2) is 36.4 Å². The van der Waals surface area contributed by atoms with E-state index in [1.807, 2.05) is 6.08 Å². The van der Waals surface area contributed by atoms with Gasteiger partial charge in [0, 0.05) is 13.2 Å². The maximum absolute atomic E-state index is 8.82. The number of nitriles is 1. The Hall–Kier alpha value is -1.59. The Balaban J connectivity index is 1.51. The van der Waals surface area contributed by atoms with Gasteiger partial charge in [0.2, 0.25) is 0 Å². The van der Waals surface area contributed by atoms with Crippen LogP contribution in [0.5, 0.6) is 0 Å². The van der Waals surface area contributed by atoms with Gasteiger partial charge in [-0.2, -0.15) is 5.26 Å². The van der Waals surface area contributed by atoms with E-state index in [0.717, 1.165) is 37.0 Å². The Bertz CT molecular complexity index is 623. The second-order valence-electron chi connectivity index (χ2n) is 8.28. The number of hydrogen-bond acceptors (Lipinski definition) is 2. The molecule has 0 radical (unpaired) electrons. The van der Waals surface area contributed by atoms with Gasteiger partial charge in [-0.05, 0) is 92.7 Å². The van der Waals surface area contributed by atoms with E-state index in [1.54, 1.807) is 18.7 Å². The molecule has 0 saturated heterocycles. The Morgan fingerprint density at radius 1 is 1.04 bits per heavy atom. The maximum Gasteiger partial charge on any atom is 0.0909 e. The third-order valence-electron chi connectivity index (χ3n) is 7.04. The van der Waals surface area contributed by atoms with Gasteiger partial charge in [0.05, 0.1) is 11.7 Å². The van der Waals surface area contributed by atoms with E-state index >= 15 is 0 Å².